The van der Waals surface area contributed by atoms with Crippen LogP contribution in [0.3, 0.4) is 0 Å². The van der Waals surface area contributed by atoms with Gasteiger partial charge in [0.1, 0.15) is 12.4 Å². The van der Waals surface area contributed by atoms with Gasteiger partial charge in [0.15, 0.2) is 5.84 Å². The number of carbonyl (C=O) groups is 1. The molecule has 7 nitrogen and oxygen atoms in total. The Labute approximate surface area is 149 Å². The van der Waals surface area contributed by atoms with Gasteiger partial charge < -0.3 is 20.8 Å². The lowest BCUT2D eigenvalue weighted by atomic mass is 10.1. The van der Waals surface area contributed by atoms with E-state index in [9.17, 15) is 18.0 Å². The Morgan fingerprint density at radius 1 is 1.42 bits per heavy atom. The minimum Gasteiger partial charge on any atom is -0.381 e. The van der Waals surface area contributed by atoms with Gasteiger partial charge in [-0.05, 0) is 38.3 Å². The minimum atomic E-state index is -4.49. The largest absolute Gasteiger partial charge is 0.405 e. The SMILES string of the molecule is CC(O/N=C(/N)c1ccnc(N2CCCCC2)c1)C(=O)NCC(F)(F)F. The number of piperidine rings is 1. The molecular weight excluding hydrogens is 351 g/mol. The molecule has 1 amide bonds. The van der Waals surface area contributed by atoms with Gasteiger partial charge in [0.2, 0.25) is 6.10 Å². The van der Waals surface area contributed by atoms with Gasteiger partial charge >= 0.3 is 6.18 Å². The second-order valence-electron chi connectivity index (χ2n) is 6.01. The van der Waals surface area contributed by atoms with Gasteiger partial charge in [0.25, 0.3) is 5.91 Å². The third kappa shape index (κ3) is 6.08. The monoisotopic (exact) mass is 373 g/mol. The number of nitrogens with two attached hydrogens (primary N) is 1. The van der Waals surface area contributed by atoms with Crippen LogP contribution in [0.2, 0.25) is 0 Å². The number of hydrogen-bond acceptors (Lipinski definition) is 5. The summed E-state index contributed by atoms with van der Waals surface area (Å²) in [5.74, 6) is -0.139. The molecule has 3 N–H and O–H groups in total. The number of hydrogen-bond donors (Lipinski definition) is 2. The number of nitrogens with zero attached hydrogens (tertiary/aromatic N) is 3. The lowest BCUT2D eigenvalue weighted by Gasteiger charge is -2.27. The first-order valence-corrected chi connectivity index (χ1v) is 8.31. The highest BCUT2D eigenvalue weighted by molar-refractivity contribution is 5.97. The van der Waals surface area contributed by atoms with Gasteiger partial charge in [-0.15, -0.1) is 0 Å². The number of pyridine rings is 1. The van der Waals surface area contributed by atoms with Gasteiger partial charge in [-0.1, -0.05) is 5.16 Å². The Bertz CT molecular complexity index is 645. The van der Waals surface area contributed by atoms with E-state index in [1.165, 1.54) is 13.3 Å². The number of nitrogens with one attached hydrogen (secondary N) is 1. The van der Waals surface area contributed by atoms with E-state index in [0.717, 1.165) is 31.7 Å². The maximum atomic E-state index is 12.1. The number of halogens is 3. The molecule has 0 radical (unpaired) electrons. The maximum Gasteiger partial charge on any atom is 0.405 e. The number of aromatic nitrogens is 1. The van der Waals surface area contributed by atoms with Crippen molar-refractivity contribution in [3.63, 3.8) is 0 Å². The lowest BCUT2D eigenvalue weighted by Crippen LogP contribution is -2.39. The zero-order valence-electron chi connectivity index (χ0n) is 14.4. The molecule has 0 bridgehead atoms. The molecule has 1 saturated heterocycles. The Morgan fingerprint density at radius 3 is 2.77 bits per heavy atom. The molecule has 2 heterocycles. The molecule has 1 aliphatic rings. The van der Waals surface area contributed by atoms with Crippen LogP contribution < -0.4 is 16.0 Å². The summed E-state index contributed by atoms with van der Waals surface area (Å²) < 4.78 is 36.3. The zero-order chi connectivity index (χ0) is 19.2. The number of carbonyl (C=O) groups excluding carboxylic acids is 1. The molecule has 0 aliphatic carbocycles. The summed E-state index contributed by atoms with van der Waals surface area (Å²) in [6, 6.07) is 3.41. The average molecular weight is 373 g/mol. The standard InChI is InChI=1S/C16H22F3N5O2/c1-11(15(25)22-10-16(17,18)19)26-23-14(20)12-5-6-21-13(9-12)24-7-3-2-4-8-24/h5-6,9,11H,2-4,7-8,10H2,1H3,(H2,20,23)(H,22,25). The number of amidine groups is 1. The second kappa shape index (κ2) is 8.72. The van der Waals surface area contributed by atoms with Gasteiger partial charge in [-0.3, -0.25) is 4.79 Å². The first-order chi connectivity index (χ1) is 12.3. The summed E-state index contributed by atoms with van der Waals surface area (Å²) in [5, 5.41) is 5.37. The normalized spacial score (nSPS) is 16.9. The van der Waals surface area contributed by atoms with E-state index in [0.29, 0.717) is 5.56 Å². The highest BCUT2D eigenvalue weighted by Gasteiger charge is 2.29. The number of rotatable bonds is 6. The van der Waals surface area contributed by atoms with E-state index in [-0.39, 0.29) is 5.84 Å². The van der Waals surface area contributed by atoms with Crippen molar-refractivity contribution in [3.8, 4) is 0 Å². The average Bonchev–Trinajstić information content (AvgIpc) is 2.64. The van der Waals surface area contributed by atoms with Crippen LogP contribution in [-0.4, -0.2) is 48.6 Å². The first kappa shape index (κ1) is 19.8. The molecular formula is C16H22F3N5O2. The summed E-state index contributed by atoms with van der Waals surface area (Å²) in [6.07, 6.45) is -0.700. The highest BCUT2D eigenvalue weighted by Crippen LogP contribution is 2.18. The Kier molecular flexibility index (Phi) is 6.64. The summed E-state index contributed by atoms with van der Waals surface area (Å²) in [4.78, 5) is 22.9. The zero-order valence-corrected chi connectivity index (χ0v) is 14.4. The maximum absolute atomic E-state index is 12.1. The van der Waals surface area contributed by atoms with Gasteiger partial charge in [-0.25, -0.2) is 4.98 Å². The van der Waals surface area contributed by atoms with Crippen LogP contribution in [0.15, 0.2) is 23.5 Å². The van der Waals surface area contributed by atoms with Crippen LogP contribution in [-0.2, 0) is 9.63 Å². The van der Waals surface area contributed by atoms with Crippen molar-refractivity contribution in [2.45, 2.75) is 38.5 Å². The molecule has 1 unspecified atom stereocenters. The van der Waals surface area contributed by atoms with Crippen LogP contribution in [0.25, 0.3) is 0 Å². The van der Waals surface area contributed by atoms with Crippen molar-refractivity contribution < 1.29 is 22.8 Å². The molecule has 1 atom stereocenters. The summed E-state index contributed by atoms with van der Waals surface area (Å²) in [7, 11) is 0. The fraction of sp³-hybridized carbons (Fsp3) is 0.562. The van der Waals surface area contributed by atoms with Crippen molar-refractivity contribution in [1.82, 2.24) is 10.3 Å². The van der Waals surface area contributed by atoms with Gasteiger partial charge in [0.05, 0.1) is 0 Å². The molecule has 0 aromatic carbocycles. The molecule has 1 aromatic rings. The van der Waals surface area contributed by atoms with Crippen molar-refractivity contribution in [1.29, 1.82) is 0 Å². The van der Waals surface area contributed by atoms with E-state index in [1.54, 1.807) is 23.6 Å². The molecule has 2 rings (SSSR count). The van der Waals surface area contributed by atoms with Gasteiger partial charge in [-0.2, -0.15) is 13.2 Å². The molecule has 0 saturated carbocycles. The molecule has 0 spiro atoms. The van der Waals surface area contributed by atoms with Crippen LogP contribution >= 0.6 is 0 Å². The fourth-order valence-electron chi connectivity index (χ4n) is 2.44. The smallest absolute Gasteiger partial charge is 0.381 e. The summed E-state index contributed by atoms with van der Waals surface area (Å²) in [5.41, 5.74) is 6.41. The number of alkyl halides is 3. The van der Waals surface area contributed by atoms with Crippen LogP contribution in [0.1, 0.15) is 31.7 Å². The first-order valence-electron chi connectivity index (χ1n) is 8.31. The fourth-order valence-corrected chi connectivity index (χ4v) is 2.44. The van der Waals surface area contributed by atoms with Crippen molar-refractivity contribution in [3.05, 3.63) is 23.9 Å². The topological polar surface area (TPSA) is 92.8 Å². The molecule has 1 fully saturated rings. The second-order valence-corrected chi connectivity index (χ2v) is 6.01. The predicted octanol–water partition coefficient (Wildman–Crippen LogP) is 1.78. The lowest BCUT2D eigenvalue weighted by molar-refractivity contribution is -0.145. The third-order valence-electron chi connectivity index (χ3n) is 3.86. The van der Waals surface area contributed by atoms with E-state index < -0.39 is 24.7 Å². The summed E-state index contributed by atoms with van der Waals surface area (Å²) >= 11 is 0. The van der Waals surface area contributed by atoms with Crippen molar-refractivity contribution in [2.75, 3.05) is 24.5 Å². The minimum absolute atomic E-state index is 0.0149. The molecule has 26 heavy (non-hydrogen) atoms. The van der Waals surface area contributed by atoms with E-state index in [4.69, 9.17) is 10.6 Å². The van der Waals surface area contributed by atoms with E-state index >= 15 is 0 Å². The Balaban J connectivity index is 1.95. The van der Waals surface area contributed by atoms with Crippen LogP contribution in [0.4, 0.5) is 19.0 Å². The van der Waals surface area contributed by atoms with Crippen LogP contribution in [0.5, 0.6) is 0 Å². The molecule has 1 aromatic heterocycles. The quantitative estimate of drug-likeness (QED) is 0.450. The Hall–Kier alpha value is -2.52. The van der Waals surface area contributed by atoms with Gasteiger partial charge in [0, 0.05) is 24.8 Å². The summed E-state index contributed by atoms with van der Waals surface area (Å²) in [6.45, 7) is 1.69. The Morgan fingerprint density at radius 2 is 2.12 bits per heavy atom. The number of amides is 1. The highest BCUT2D eigenvalue weighted by atomic mass is 19.4. The van der Waals surface area contributed by atoms with Crippen molar-refractivity contribution in [2.24, 2.45) is 10.9 Å². The van der Waals surface area contributed by atoms with E-state index in [2.05, 4.69) is 15.0 Å². The molecule has 10 heteroatoms. The number of oxime groups is 1. The number of anilines is 1. The van der Waals surface area contributed by atoms with Crippen molar-refractivity contribution >= 4 is 17.6 Å². The molecule has 1 aliphatic heterocycles. The van der Waals surface area contributed by atoms with E-state index in [1.807, 2.05) is 0 Å². The third-order valence-corrected chi connectivity index (χ3v) is 3.86. The van der Waals surface area contributed by atoms with Crippen LogP contribution in [0, 0.1) is 0 Å². The predicted molar refractivity (Wildman–Crippen MR) is 90.6 cm³/mol. The molecule has 144 valence electrons.